The molecule has 5 heteroatoms. The van der Waals surface area contributed by atoms with E-state index in [0.29, 0.717) is 0 Å². The molecule has 0 spiro atoms. The lowest BCUT2D eigenvalue weighted by Gasteiger charge is -1.79. The van der Waals surface area contributed by atoms with Crippen molar-refractivity contribution in [1.82, 2.24) is 5.32 Å². The SMILES string of the molecule is C1=CC=CNC=C1.ClP(Cl)Cl. The monoisotopic (exact) mass is 229 g/mol. The van der Waals surface area contributed by atoms with Gasteiger partial charge in [-0.15, -0.1) is 0 Å². The van der Waals surface area contributed by atoms with E-state index in [2.05, 4.69) is 5.32 Å². The van der Waals surface area contributed by atoms with Crippen molar-refractivity contribution in [3.8, 4) is 0 Å². The molecule has 11 heavy (non-hydrogen) atoms. The van der Waals surface area contributed by atoms with E-state index in [4.69, 9.17) is 33.7 Å². The Morgan fingerprint density at radius 1 is 0.818 bits per heavy atom. The number of hydrogen-bond donors (Lipinski definition) is 1. The van der Waals surface area contributed by atoms with Gasteiger partial charge in [0.05, 0.1) is 0 Å². The van der Waals surface area contributed by atoms with Crippen LogP contribution in [0.5, 0.6) is 0 Å². The lowest BCUT2D eigenvalue weighted by atomic mass is 10.5. The summed E-state index contributed by atoms with van der Waals surface area (Å²) < 4.78 is 0. The maximum atomic E-state index is 4.87. The van der Waals surface area contributed by atoms with Crippen molar-refractivity contribution in [2.45, 2.75) is 0 Å². The molecule has 0 bridgehead atoms. The molecular weight excluding hydrogens is 223 g/mol. The van der Waals surface area contributed by atoms with Gasteiger partial charge in [-0.1, -0.05) is 45.9 Å². The Morgan fingerprint density at radius 2 is 1.18 bits per heavy atom. The van der Waals surface area contributed by atoms with Crippen LogP contribution in [0.3, 0.4) is 0 Å². The Kier molecular flexibility index (Phi) is 8.66. The molecule has 1 N–H and O–H groups in total. The highest BCUT2D eigenvalue weighted by Gasteiger charge is 1.80. The van der Waals surface area contributed by atoms with Crippen molar-refractivity contribution < 1.29 is 0 Å². The smallest absolute Gasteiger partial charge is 0.179 e. The van der Waals surface area contributed by atoms with Gasteiger partial charge in [0.1, 0.15) is 0 Å². The molecule has 0 saturated heterocycles. The highest BCUT2D eigenvalue weighted by molar-refractivity contribution is 8.20. The molecule has 0 aliphatic carbocycles. The molecule has 0 atom stereocenters. The summed E-state index contributed by atoms with van der Waals surface area (Å²) in [6.45, 7) is 0. The first-order chi connectivity index (χ1) is 5.23. The minimum Gasteiger partial charge on any atom is -0.368 e. The minimum atomic E-state index is -1.20. The summed E-state index contributed by atoms with van der Waals surface area (Å²) in [5.74, 6) is -1.20. The van der Waals surface area contributed by atoms with E-state index in [-0.39, 0.29) is 0 Å². The molecule has 0 fully saturated rings. The Balaban J connectivity index is 0.000000218. The van der Waals surface area contributed by atoms with Crippen molar-refractivity contribution in [2.75, 3.05) is 0 Å². The average Bonchev–Trinajstić information content (AvgIpc) is 2.13. The van der Waals surface area contributed by atoms with E-state index in [9.17, 15) is 0 Å². The second-order valence-corrected chi connectivity index (χ2v) is 6.44. The van der Waals surface area contributed by atoms with Gasteiger partial charge in [-0.3, -0.25) is 0 Å². The first-order valence-corrected chi connectivity index (χ1v) is 6.81. The van der Waals surface area contributed by atoms with Gasteiger partial charge >= 0.3 is 0 Å². The van der Waals surface area contributed by atoms with Crippen molar-refractivity contribution in [3.63, 3.8) is 0 Å². The number of allylic oxidation sites excluding steroid dienone is 4. The van der Waals surface area contributed by atoms with E-state index in [1.807, 2.05) is 36.7 Å². The van der Waals surface area contributed by atoms with E-state index in [1.165, 1.54) is 0 Å². The zero-order valence-corrected chi connectivity index (χ0v) is 8.71. The molecule has 0 radical (unpaired) electrons. The second-order valence-electron chi connectivity index (χ2n) is 1.46. The van der Waals surface area contributed by atoms with Crippen LogP contribution in [0.2, 0.25) is 0 Å². The van der Waals surface area contributed by atoms with Crippen molar-refractivity contribution in [1.29, 1.82) is 0 Å². The predicted molar refractivity (Wildman–Crippen MR) is 55.0 cm³/mol. The first kappa shape index (κ1) is 11.3. The van der Waals surface area contributed by atoms with Crippen LogP contribution in [0.25, 0.3) is 0 Å². The summed E-state index contributed by atoms with van der Waals surface area (Å²) in [6.07, 6.45) is 11.6. The standard InChI is InChI=1S/C6H7N.Cl3P/c1-2-4-6-7-5-3-1;1-4(2)3/h1-7H;. The fourth-order valence-electron chi connectivity index (χ4n) is 0.406. The van der Waals surface area contributed by atoms with Crippen LogP contribution in [0.1, 0.15) is 0 Å². The van der Waals surface area contributed by atoms with E-state index in [1.54, 1.807) is 0 Å². The third-order valence-electron chi connectivity index (χ3n) is 0.718. The molecule has 1 nitrogen and oxygen atoms in total. The predicted octanol–water partition coefficient (Wildman–Crippen LogP) is 4.10. The molecule has 0 saturated carbocycles. The van der Waals surface area contributed by atoms with E-state index >= 15 is 0 Å². The van der Waals surface area contributed by atoms with Crippen LogP contribution in [0.15, 0.2) is 36.7 Å². The van der Waals surface area contributed by atoms with Crippen LogP contribution in [-0.2, 0) is 0 Å². The lowest BCUT2D eigenvalue weighted by molar-refractivity contribution is 1.20. The molecule has 0 aromatic carbocycles. The molecule has 1 heterocycles. The minimum absolute atomic E-state index is 1.20. The van der Waals surface area contributed by atoms with Crippen LogP contribution >= 0.6 is 39.7 Å². The topological polar surface area (TPSA) is 12.0 Å². The molecule has 0 aromatic heterocycles. The Labute approximate surface area is 81.8 Å². The lowest BCUT2D eigenvalue weighted by Crippen LogP contribution is -1.87. The molecule has 62 valence electrons. The number of nitrogens with one attached hydrogen (secondary N) is 1. The van der Waals surface area contributed by atoms with Crippen molar-refractivity contribution >= 4 is 39.7 Å². The van der Waals surface area contributed by atoms with Gasteiger partial charge in [0.2, 0.25) is 0 Å². The normalized spacial score (nSPS) is 13.5. The van der Waals surface area contributed by atoms with Gasteiger partial charge in [0.15, 0.2) is 5.98 Å². The number of rotatable bonds is 0. The van der Waals surface area contributed by atoms with Crippen LogP contribution < -0.4 is 5.32 Å². The third kappa shape index (κ3) is 13.3. The van der Waals surface area contributed by atoms with Crippen molar-refractivity contribution in [2.24, 2.45) is 0 Å². The third-order valence-corrected chi connectivity index (χ3v) is 0.718. The fourth-order valence-corrected chi connectivity index (χ4v) is 0.406. The summed E-state index contributed by atoms with van der Waals surface area (Å²) >= 11 is 14.6. The number of halogens is 3. The molecule has 1 aliphatic rings. The van der Waals surface area contributed by atoms with Gasteiger partial charge in [-0.25, -0.2) is 0 Å². The van der Waals surface area contributed by atoms with Crippen LogP contribution in [0.4, 0.5) is 0 Å². The first-order valence-electron chi connectivity index (χ1n) is 2.75. The van der Waals surface area contributed by atoms with E-state index < -0.39 is 5.98 Å². The Hall–Kier alpha value is 0.320. The van der Waals surface area contributed by atoms with Gasteiger partial charge in [0, 0.05) is 12.4 Å². The largest absolute Gasteiger partial charge is 0.368 e. The zero-order chi connectivity index (χ0) is 8.53. The summed E-state index contributed by atoms with van der Waals surface area (Å²) in [5, 5.41) is 2.92. The van der Waals surface area contributed by atoms with Gasteiger partial charge in [-0.05, 0) is 12.2 Å². The highest BCUT2D eigenvalue weighted by Crippen LogP contribution is 2.51. The molecule has 0 unspecified atom stereocenters. The second kappa shape index (κ2) is 8.42. The molecular formula is C6H7Cl3NP. The zero-order valence-electron chi connectivity index (χ0n) is 5.55. The summed E-state index contributed by atoms with van der Waals surface area (Å²) in [4.78, 5) is 0. The molecule has 1 rings (SSSR count). The Bertz CT molecular complexity index is 148. The summed E-state index contributed by atoms with van der Waals surface area (Å²) in [7, 11) is 0. The summed E-state index contributed by atoms with van der Waals surface area (Å²) in [6, 6.07) is 0. The Morgan fingerprint density at radius 3 is 1.55 bits per heavy atom. The number of hydrogen-bond acceptors (Lipinski definition) is 1. The maximum Gasteiger partial charge on any atom is 0.179 e. The molecule has 0 amide bonds. The van der Waals surface area contributed by atoms with Crippen LogP contribution in [-0.4, -0.2) is 0 Å². The van der Waals surface area contributed by atoms with Crippen LogP contribution in [0, 0.1) is 0 Å². The fraction of sp³-hybridized carbons (Fsp3) is 0. The van der Waals surface area contributed by atoms with E-state index in [0.717, 1.165) is 0 Å². The molecule has 1 aliphatic heterocycles. The highest BCUT2D eigenvalue weighted by atomic mass is 36.0. The quantitative estimate of drug-likeness (QED) is 0.618. The maximum absolute atomic E-state index is 4.87. The average molecular weight is 230 g/mol. The summed E-state index contributed by atoms with van der Waals surface area (Å²) in [5.41, 5.74) is 0. The van der Waals surface area contributed by atoms with Gasteiger partial charge in [0.25, 0.3) is 0 Å². The van der Waals surface area contributed by atoms with Gasteiger partial charge in [-0.2, -0.15) is 0 Å². The van der Waals surface area contributed by atoms with Crippen molar-refractivity contribution in [3.05, 3.63) is 36.7 Å². The molecule has 0 aromatic rings. The van der Waals surface area contributed by atoms with Gasteiger partial charge < -0.3 is 5.32 Å².